The Morgan fingerprint density at radius 1 is 1.20 bits per heavy atom. The van der Waals surface area contributed by atoms with Gasteiger partial charge in [-0.15, -0.1) is 0 Å². The smallest absolute Gasteiger partial charge is 0.229 e. The molecular weight excluding hydrogens is 190 g/mol. The maximum atomic E-state index is 11.0. The van der Waals surface area contributed by atoms with E-state index >= 15 is 0 Å². The first-order chi connectivity index (χ1) is 7.29. The van der Waals surface area contributed by atoms with Gasteiger partial charge in [0.05, 0.1) is 5.92 Å². The van der Waals surface area contributed by atoms with Crippen LogP contribution in [-0.4, -0.2) is 15.8 Å². The van der Waals surface area contributed by atoms with E-state index in [1.807, 2.05) is 30.3 Å². The van der Waals surface area contributed by atoms with Crippen molar-refractivity contribution in [1.29, 1.82) is 0 Å². The van der Waals surface area contributed by atoms with Crippen LogP contribution in [-0.2, 0) is 0 Å². The van der Waals surface area contributed by atoms with E-state index in [1.54, 1.807) is 0 Å². The van der Waals surface area contributed by atoms with Gasteiger partial charge in [0, 0.05) is 11.3 Å². The van der Waals surface area contributed by atoms with E-state index in [-0.39, 0.29) is 10.8 Å². The first-order valence-corrected chi connectivity index (χ1v) is 5.36. The topological polar surface area (TPSA) is 46.3 Å². The third kappa shape index (κ3) is 2.12. The molecule has 0 saturated heterocycles. The van der Waals surface area contributed by atoms with Crippen LogP contribution in [0.1, 0.15) is 37.2 Å². The summed E-state index contributed by atoms with van der Waals surface area (Å²) < 4.78 is 0. The minimum absolute atomic E-state index is 0.0663. The standard InChI is InChI=1S/C12H15NO2/c14-13(15)12-9-5-4-8-11(12)10-6-2-1-3-7-10/h1-3,6-7,11H,4-5,8-9H2,(H,14,15). The molecule has 0 radical (unpaired) electrons. The molecule has 1 N–H and O–H groups in total. The highest BCUT2D eigenvalue weighted by atomic mass is 16.8. The summed E-state index contributed by atoms with van der Waals surface area (Å²) in [5.41, 5.74) is 1.73. The molecule has 1 atom stereocenters. The number of hydrogen-bond donors (Lipinski definition) is 1. The van der Waals surface area contributed by atoms with Crippen molar-refractivity contribution < 1.29 is 10.1 Å². The number of nitrogens with zero attached hydrogens (tertiary/aromatic N) is 1. The Morgan fingerprint density at radius 2 is 1.93 bits per heavy atom. The maximum Gasteiger partial charge on any atom is 0.229 e. The molecular formula is C12H15NO2. The van der Waals surface area contributed by atoms with Crippen molar-refractivity contribution in [3.8, 4) is 0 Å². The Kier molecular flexibility index (Phi) is 2.90. The summed E-state index contributed by atoms with van der Waals surface area (Å²) in [6.07, 6.45) is 3.78. The van der Waals surface area contributed by atoms with E-state index < -0.39 is 0 Å². The molecule has 0 bridgehead atoms. The zero-order chi connectivity index (χ0) is 10.7. The Bertz CT molecular complexity index is 355. The average molecular weight is 205 g/mol. The van der Waals surface area contributed by atoms with Gasteiger partial charge in [0.1, 0.15) is 0 Å². The highest BCUT2D eigenvalue weighted by Crippen LogP contribution is 2.30. The summed E-state index contributed by atoms with van der Waals surface area (Å²) in [7, 11) is 0. The Hall–Kier alpha value is -1.51. The van der Waals surface area contributed by atoms with Crippen molar-refractivity contribution in [2.24, 2.45) is 0 Å². The van der Waals surface area contributed by atoms with E-state index in [0.29, 0.717) is 12.1 Å². The van der Waals surface area contributed by atoms with Crippen molar-refractivity contribution in [2.75, 3.05) is 0 Å². The van der Waals surface area contributed by atoms with Gasteiger partial charge < -0.3 is 5.21 Å². The lowest BCUT2D eigenvalue weighted by atomic mass is 9.82. The van der Waals surface area contributed by atoms with Crippen LogP contribution < -0.4 is 0 Å². The maximum absolute atomic E-state index is 11.0. The van der Waals surface area contributed by atoms with Gasteiger partial charge in [-0.2, -0.15) is 0 Å². The van der Waals surface area contributed by atoms with Crippen LogP contribution in [0.25, 0.3) is 0 Å². The molecule has 0 heterocycles. The third-order valence-electron chi connectivity index (χ3n) is 3.03. The molecule has 1 saturated carbocycles. The molecule has 1 aromatic rings. The van der Waals surface area contributed by atoms with Crippen molar-refractivity contribution in [1.82, 2.24) is 0 Å². The SMILES string of the molecule is [O-][N+](O)=C1CCCCC1c1ccccc1. The second kappa shape index (κ2) is 4.34. The van der Waals surface area contributed by atoms with Crippen LogP contribution in [0, 0.1) is 5.21 Å². The minimum atomic E-state index is 0.0663. The van der Waals surface area contributed by atoms with Crippen LogP contribution >= 0.6 is 0 Å². The molecule has 3 nitrogen and oxygen atoms in total. The highest BCUT2D eigenvalue weighted by Gasteiger charge is 2.29. The molecule has 0 spiro atoms. The van der Waals surface area contributed by atoms with Gasteiger partial charge in [-0.3, -0.25) is 5.21 Å². The number of hydrogen-bond acceptors (Lipinski definition) is 2. The van der Waals surface area contributed by atoms with Crippen molar-refractivity contribution >= 4 is 5.71 Å². The first-order valence-electron chi connectivity index (χ1n) is 5.36. The zero-order valence-electron chi connectivity index (χ0n) is 8.60. The first kappa shape index (κ1) is 10.0. The predicted octanol–water partition coefficient (Wildman–Crippen LogP) is 2.68. The second-order valence-electron chi connectivity index (χ2n) is 3.97. The van der Waals surface area contributed by atoms with Crippen LogP contribution in [0.2, 0.25) is 0 Å². The van der Waals surface area contributed by atoms with Crippen LogP contribution in [0.15, 0.2) is 30.3 Å². The highest BCUT2D eigenvalue weighted by molar-refractivity contribution is 5.87. The lowest BCUT2D eigenvalue weighted by molar-refractivity contribution is -0.728. The Morgan fingerprint density at radius 3 is 2.60 bits per heavy atom. The summed E-state index contributed by atoms with van der Waals surface area (Å²) in [6.45, 7) is 0. The molecule has 0 amide bonds. The van der Waals surface area contributed by atoms with E-state index in [4.69, 9.17) is 5.21 Å². The van der Waals surface area contributed by atoms with Crippen molar-refractivity contribution in [2.45, 2.75) is 31.6 Å². The van der Waals surface area contributed by atoms with Gasteiger partial charge >= 0.3 is 0 Å². The minimum Gasteiger partial charge on any atom is -0.418 e. The fourth-order valence-electron chi connectivity index (χ4n) is 2.27. The van der Waals surface area contributed by atoms with E-state index in [1.165, 1.54) is 0 Å². The summed E-state index contributed by atoms with van der Waals surface area (Å²) in [4.78, 5) is 0.0663. The summed E-state index contributed by atoms with van der Waals surface area (Å²) in [6, 6.07) is 9.92. The molecule has 15 heavy (non-hydrogen) atoms. The van der Waals surface area contributed by atoms with Crippen molar-refractivity contribution in [3.05, 3.63) is 41.1 Å². The molecule has 1 fully saturated rings. The Balaban J connectivity index is 2.31. The average Bonchev–Trinajstić information content (AvgIpc) is 2.30. The van der Waals surface area contributed by atoms with E-state index in [0.717, 1.165) is 24.8 Å². The zero-order valence-corrected chi connectivity index (χ0v) is 8.60. The lowest BCUT2D eigenvalue weighted by Crippen LogP contribution is -2.24. The lowest BCUT2D eigenvalue weighted by Gasteiger charge is -2.20. The summed E-state index contributed by atoms with van der Waals surface area (Å²) >= 11 is 0. The van der Waals surface area contributed by atoms with E-state index in [2.05, 4.69) is 0 Å². The molecule has 1 aliphatic carbocycles. The fourth-order valence-corrected chi connectivity index (χ4v) is 2.27. The van der Waals surface area contributed by atoms with E-state index in [9.17, 15) is 5.21 Å². The monoisotopic (exact) mass is 205 g/mol. The van der Waals surface area contributed by atoms with Gasteiger partial charge in [-0.25, -0.2) is 0 Å². The molecule has 3 heteroatoms. The molecule has 0 aliphatic heterocycles. The number of benzene rings is 1. The Labute approximate surface area is 89.2 Å². The quantitative estimate of drug-likeness (QED) is 0.435. The molecule has 0 aromatic heterocycles. The van der Waals surface area contributed by atoms with Gasteiger partial charge in [-0.1, -0.05) is 36.8 Å². The molecule has 1 aromatic carbocycles. The van der Waals surface area contributed by atoms with Crippen molar-refractivity contribution in [3.63, 3.8) is 0 Å². The molecule has 80 valence electrons. The largest absolute Gasteiger partial charge is 0.418 e. The molecule has 2 rings (SSSR count). The van der Waals surface area contributed by atoms with Crippen LogP contribution in [0.5, 0.6) is 0 Å². The predicted molar refractivity (Wildman–Crippen MR) is 58.1 cm³/mol. The van der Waals surface area contributed by atoms with Gasteiger partial charge in [0.2, 0.25) is 5.71 Å². The fraction of sp³-hybridized carbons (Fsp3) is 0.417. The van der Waals surface area contributed by atoms with Gasteiger partial charge in [-0.05, 0) is 18.4 Å². The normalized spacial score (nSPS) is 24.9. The van der Waals surface area contributed by atoms with Crippen LogP contribution in [0.4, 0.5) is 0 Å². The van der Waals surface area contributed by atoms with Gasteiger partial charge in [0.15, 0.2) is 0 Å². The molecule has 1 aliphatic rings. The third-order valence-corrected chi connectivity index (χ3v) is 3.03. The summed E-state index contributed by atoms with van der Waals surface area (Å²) in [5.74, 6) is 0.0995. The van der Waals surface area contributed by atoms with Gasteiger partial charge in [0.25, 0.3) is 0 Å². The van der Waals surface area contributed by atoms with Crippen LogP contribution in [0.3, 0.4) is 0 Å². The summed E-state index contributed by atoms with van der Waals surface area (Å²) in [5, 5.41) is 20.1. The second-order valence-corrected chi connectivity index (χ2v) is 3.97. The molecule has 1 unspecified atom stereocenters. The number of rotatable bonds is 1.